The van der Waals surface area contributed by atoms with Gasteiger partial charge in [0.1, 0.15) is 11.4 Å². The average Bonchev–Trinajstić information content (AvgIpc) is 2.57. The van der Waals surface area contributed by atoms with Gasteiger partial charge in [-0.2, -0.15) is 11.8 Å². The van der Waals surface area contributed by atoms with Crippen LogP contribution in [0.1, 0.15) is 13.8 Å². The predicted octanol–water partition coefficient (Wildman–Crippen LogP) is 2.20. The van der Waals surface area contributed by atoms with Crippen LogP contribution >= 0.6 is 11.8 Å². The van der Waals surface area contributed by atoms with Gasteiger partial charge >= 0.3 is 5.97 Å². The van der Waals surface area contributed by atoms with Gasteiger partial charge in [0, 0.05) is 31.0 Å². The monoisotopic (exact) mass is 374 g/mol. The molecule has 0 atom stereocenters. The Hall–Kier alpha value is -2.00. The molecule has 0 aliphatic heterocycles. The van der Waals surface area contributed by atoms with Crippen molar-refractivity contribution in [1.82, 2.24) is 0 Å². The van der Waals surface area contributed by atoms with Crippen LogP contribution < -0.4 is 21.5 Å². The summed E-state index contributed by atoms with van der Waals surface area (Å²) in [6.07, 6.45) is 2.98. The normalized spacial score (nSPS) is 11.4. The number of benzene rings is 1. The van der Waals surface area contributed by atoms with Crippen molar-refractivity contribution in [2.24, 2.45) is 11.6 Å². The molecule has 0 unspecified atom stereocenters. The van der Waals surface area contributed by atoms with Crippen molar-refractivity contribution in [1.29, 1.82) is 0 Å². The number of ether oxygens (including phenoxy) is 1. The molecule has 0 heterocycles. The first-order valence-electron chi connectivity index (χ1n) is 7.76. The second kappa shape index (κ2) is 10.1. The van der Waals surface area contributed by atoms with Gasteiger partial charge in [-0.15, -0.1) is 0 Å². The Kier molecular flexibility index (Phi) is 8.50. The Morgan fingerprint density at radius 1 is 1.32 bits per heavy atom. The summed E-state index contributed by atoms with van der Waals surface area (Å²) in [5.74, 6) is 4.23. The SMILES string of the molecule is CCOC(=O)/C(N)=C/N(N)c1cc(F)c(N(CC)CCSC)c(F)c1. The van der Waals surface area contributed by atoms with Gasteiger partial charge in [0.25, 0.3) is 0 Å². The van der Waals surface area contributed by atoms with Crippen molar-refractivity contribution >= 4 is 29.1 Å². The van der Waals surface area contributed by atoms with E-state index in [1.165, 1.54) is 0 Å². The van der Waals surface area contributed by atoms with Gasteiger partial charge in [0.2, 0.25) is 0 Å². The summed E-state index contributed by atoms with van der Waals surface area (Å²) in [6, 6.07) is 2.18. The van der Waals surface area contributed by atoms with Gasteiger partial charge < -0.3 is 15.4 Å². The summed E-state index contributed by atoms with van der Waals surface area (Å²) < 4.78 is 33.6. The first-order valence-corrected chi connectivity index (χ1v) is 9.16. The van der Waals surface area contributed by atoms with Crippen LogP contribution in [0.5, 0.6) is 0 Å². The van der Waals surface area contributed by atoms with E-state index in [0.29, 0.717) is 13.1 Å². The van der Waals surface area contributed by atoms with E-state index < -0.39 is 17.6 Å². The summed E-state index contributed by atoms with van der Waals surface area (Å²) in [7, 11) is 0. The summed E-state index contributed by atoms with van der Waals surface area (Å²) >= 11 is 1.59. The van der Waals surface area contributed by atoms with Gasteiger partial charge in [-0.3, -0.25) is 5.01 Å². The number of halogens is 2. The molecule has 6 nitrogen and oxygen atoms in total. The minimum absolute atomic E-state index is 0.0203. The van der Waals surface area contributed by atoms with Crippen molar-refractivity contribution in [2.45, 2.75) is 13.8 Å². The van der Waals surface area contributed by atoms with Crippen molar-refractivity contribution in [3.05, 3.63) is 35.7 Å². The molecule has 0 bridgehead atoms. The third-order valence-electron chi connectivity index (χ3n) is 3.35. The van der Waals surface area contributed by atoms with Crippen molar-refractivity contribution in [2.75, 3.05) is 41.6 Å². The number of hydrazine groups is 1. The number of carbonyl (C=O) groups excluding carboxylic acids is 1. The van der Waals surface area contributed by atoms with Crippen LogP contribution in [0, 0.1) is 11.6 Å². The van der Waals surface area contributed by atoms with Crippen LogP contribution in [-0.4, -0.2) is 37.7 Å². The summed E-state index contributed by atoms with van der Waals surface area (Å²) in [4.78, 5) is 13.1. The fourth-order valence-electron chi connectivity index (χ4n) is 2.12. The lowest BCUT2D eigenvalue weighted by Gasteiger charge is -2.25. The van der Waals surface area contributed by atoms with Crippen LogP contribution in [0.15, 0.2) is 24.0 Å². The number of anilines is 2. The molecule has 0 fully saturated rings. The van der Waals surface area contributed by atoms with Gasteiger partial charge in [-0.25, -0.2) is 19.4 Å². The lowest BCUT2D eigenvalue weighted by atomic mass is 10.2. The highest BCUT2D eigenvalue weighted by molar-refractivity contribution is 7.98. The Morgan fingerprint density at radius 3 is 2.40 bits per heavy atom. The topological polar surface area (TPSA) is 84.8 Å². The van der Waals surface area contributed by atoms with E-state index in [1.54, 1.807) is 23.6 Å². The number of nitrogens with zero attached hydrogens (tertiary/aromatic N) is 2. The molecule has 4 N–H and O–H groups in total. The molecule has 9 heteroatoms. The van der Waals surface area contributed by atoms with Crippen LogP contribution in [0.3, 0.4) is 0 Å². The zero-order chi connectivity index (χ0) is 19.0. The summed E-state index contributed by atoms with van der Waals surface area (Å²) in [5.41, 5.74) is 5.18. The molecule has 1 rings (SSSR count). The molecule has 0 saturated heterocycles. The molecule has 0 aliphatic carbocycles. The number of carbonyl (C=O) groups is 1. The average molecular weight is 374 g/mol. The second-order valence-electron chi connectivity index (χ2n) is 5.04. The highest BCUT2D eigenvalue weighted by Gasteiger charge is 2.18. The van der Waals surface area contributed by atoms with Crippen molar-refractivity contribution < 1.29 is 18.3 Å². The third-order valence-corrected chi connectivity index (χ3v) is 3.94. The highest BCUT2D eigenvalue weighted by atomic mass is 32.2. The molecule has 140 valence electrons. The Labute approximate surface area is 150 Å². The standard InChI is InChI=1S/C16H24F2N4O2S/c1-4-21(6-7-25-3)15-12(17)8-11(9-13(15)18)22(20)10-14(19)16(23)24-5-2/h8-10H,4-7,19-20H2,1-3H3/b14-10-. The smallest absolute Gasteiger partial charge is 0.355 e. The molecule has 0 aromatic heterocycles. The number of rotatable bonds is 9. The molecule has 1 aromatic carbocycles. The molecule has 0 radical (unpaired) electrons. The second-order valence-corrected chi connectivity index (χ2v) is 6.03. The third kappa shape index (κ3) is 5.79. The fourth-order valence-corrected chi connectivity index (χ4v) is 2.53. The van der Waals surface area contributed by atoms with Gasteiger partial charge in [-0.1, -0.05) is 0 Å². The maximum Gasteiger partial charge on any atom is 0.355 e. The molecule has 0 amide bonds. The molecular formula is C16H24F2N4O2S. The lowest BCUT2D eigenvalue weighted by Crippen LogP contribution is -2.30. The molecule has 0 aliphatic rings. The van der Waals surface area contributed by atoms with E-state index in [2.05, 4.69) is 0 Å². The van der Waals surface area contributed by atoms with Crippen LogP contribution in [0.4, 0.5) is 20.2 Å². The minimum atomic E-state index is -0.760. The fraction of sp³-hybridized carbons (Fsp3) is 0.438. The maximum absolute atomic E-state index is 14.4. The van der Waals surface area contributed by atoms with Gasteiger partial charge in [-0.05, 0) is 20.1 Å². The van der Waals surface area contributed by atoms with Crippen LogP contribution in [-0.2, 0) is 9.53 Å². The summed E-state index contributed by atoms with van der Waals surface area (Å²) in [5, 5.41) is 0.875. The molecular weight excluding hydrogens is 350 g/mol. The highest BCUT2D eigenvalue weighted by Crippen LogP contribution is 2.28. The molecule has 1 aromatic rings. The van der Waals surface area contributed by atoms with Crippen LogP contribution in [0.25, 0.3) is 0 Å². The lowest BCUT2D eigenvalue weighted by molar-refractivity contribution is -0.138. The van der Waals surface area contributed by atoms with E-state index in [0.717, 1.165) is 29.1 Å². The van der Waals surface area contributed by atoms with Gasteiger partial charge in [0.05, 0.1) is 18.5 Å². The minimum Gasteiger partial charge on any atom is -0.461 e. The van der Waals surface area contributed by atoms with Crippen molar-refractivity contribution in [3.63, 3.8) is 0 Å². The number of hydrogen-bond acceptors (Lipinski definition) is 7. The van der Waals surface area contributed by atoms with E-state index >= 15 is 0 Å². The van der Waals surface area contributed by atoms with Crippen molar-refractivity contribution in [3.8, 4) is 0 Å². The van der Waals surface area contributed by atoms with Gasteiger partial charge in [0.15, 0.2) is 11.6 Å². The Bertz CT molecular complexity index is 605. The maximum atomic E-state index is 14.4. The zero-order valence-electron chi connectivity index (χ0n) is 14.6. The molecule has 0 spiro atoms. The quantitative estimate of drug-likeness (QED) is 0.297. The first-order chi connectivity index (χ1) is 11.8. The number of hydrogen-bond donors (Lipinski definition) is 2. The van der Waals surface area contributed by atoms with E-state index in [9.17, 15) is 13.6 Å². The Balaban J connectivity index is 3.08. The molecule has 25 heavy (non-hydrogen) atoms. The zero-order valence-corrected chi connectivity index (χ0v) is 15.4. The van der Waals surface area contributed by atoms with Crippen LogP contribution in [0.2, 0.25) is 0 Å². The molecule has 0 saturated carbocycles. The number of thioether (sulfide) groups is 1. The largest absolute Gasteiger partial charge is 0.461 e. The number of esters is 1. The first kappa shape index (κ1) is 21.0. The van der Waals surface area contributed by atoms with E-state index in [-0.39, 0.29) is 23.7 Å². The Morgan fingerprint density at radius 2 is 1.92 bits per heavy atom. The summed E-state index contributed by atoms with van der Waals surface area (Å²) in [6.45, 7) is 4.60. The van der Waals surface area contributed by atoms with E-state index in [4.69, 9.17) is 16.3 Å². The number of nitrogens with two attached hydrogens (primary N) is 2. The predicted molar refractivity (Wildman–Crippen MR) is 98.2 cm³/mol. The van der Waals surface area contributed by atoms with E-state index in [1.807, 2.05) is 13.2 Å².